The van der Waals surface area contributed by atoms with Crippen LogP contribution in [0.15, 0.2) is 36.8 Å². The zero-order valence-corrected chi connectivity index (χ0v) is 17.9. The number of rotatable bonds is 7. The lowest BCUT2D eigenvalue weighted by Gasteiger charge is -2.43. The van der Waals surface area contributed by atoms with Crippen molar-refractivity contribution in [3.8, 4) is 0 Å². The Kier molecular flexibility index (Phi) is 7.37. The number of halogens is 4. The SMILES string of the molecule is CSNCC1CN(c2cc(/C(=C/N)c3nccc(C(F)F)n3)ccn2)CC(C)C1(F)F. The molecule has 0 aliphatic carbocycles. The van der Waals surface area contributed by atoms with Gasteiger partial charge in [0.2, 0.25) is 0 Å². The molecule has 0 bridgehead atoms. The minimum Gasteiger partial charge on any atom is -0.404 e. The van der Waals surface area contributed by atoms with Crippen LogP contribution in [0.1, 0.15) is 30.4 Å². The van der Waals surface area contributed by atoms with Crippen molar-refractivity contribution < 1.29 is 17.6 Å². The molecule has 168 valence electrons. The minimum absolute atomic E-state index is 0.0537. The molecule has 3 rings (SSSR count). The summed E-state index contributed by atoms with van der Waals surface area (Å²) in [7, 11) is 0. The molecule has 0 amide bonds. The Bertz CT molecular complexity index is 926. The first kappa shape index (κ1) is 23.3. The largest absolute Gasteiger partial charge is 0.404 e. The first-order valence-electron chi connectivity index (χ1n) is 9.66. The van der Waals surface area contributed by atoms with Gasteiger partial charge in [0.15, 0.2) is 5.82 Å². The Morgan fingerprint density at radius 2 is 2.06 bits per heavy atom. The Hall–Kier alpha value is -2.40. The van der Waals surface area contributed by atoms with Gasteiger partial charge in [-0.15, -0.1) is 0 Å². The standard InChI is InChI=1S/C20H24F4N6S/c1-12-10-30(11-14(9-28-31-2)20(12,23)24)17-7-13(3-5-26-17)15(8-25)19-27-6-4-16(29-19)18(21)22/h3-8,12,14,18,28H,9-11,25H2,1-2H3/b15-8-. The molecule has 1 saturated heterocycles. The van der Waals surface area contributed by atoms with E-state index in [1.807, 2.05) is 4.90 Å². The Balaban J connectivity index is 1.89. The number of nitrogens with two attached hydrogens (primary N) is 1. The maximum absolute atomic E-state index is 14.7. The van der Waals surface area contributed by atoms with Gasteiger partial charge < -0.3 is 10.6 Å². The molecule has 2 atom stereocenters. The third-order valence-electron chi connectivity index (χ3n) is 5.30. The number of hydrogen-bond acceptors (Lipinski definition) is 7. The number of anilines is 1. The van der Waals surface area contributed by atoms with Gasteiger partial charge in [-0.05, 0) is 30.0 Å². The Morgan fingerprint density at radius 3 is 2.74 bits per heavy atom. The molecule has 0 saturated carbocycles. The molecule has 0 radical (unpaired) electrons. The molecule has 1 aliphatic rings. The topological polar surface area (TPSA) is 80.0 Å². The van der Waals surface area contributed by atoms with E-state index >= 15 is 0 Å². The maximum atomic E-state index is 14.7. The average Bonchev–Trinajstić information content (AvgIpc) is 2.75. The number of piperidine rings is 1. The van der Waals surface area contributed by atoms with Gasteiger partial charge in [0.25, 0.3) is 12.3 Å². The van der Waals surface area contributed by atoms with Gasteiger partial charge in [-0.25, -0.2) is 32.5 Å². The second-order valence-corrected chi connectivity index (χ2v) is 8.02. The van der Waals surface area contributed by atoms with E-state index in [1.54, 1.807) is 18.4 Å². The number of aromatic nitrogens is 3. The molecular formula is C20H24F4N6S. The van der Waals surface area contributed by atoms with Crippen LogP contribution in [0.4, 0.5) is 23.4 Å². The van der Waals surface area contributed by atoms with Crippen molar-refractivity contribution in [1.29, 1.82) is 0 Å². The van der Waals surface area contributed by atoms with Crippen molar-refractivity contribution in [3.63, 3.8) is 0 Å². The summed E-state index contributed by atoms with van der Waals surface area (Å²) in [6.07, 6.45) is 3.06. The normalized spacial score (nSPS) is 21.5. The smallest absolute Gasteiger partial charge is 0.280 e. The lowest BCUT2D eigenvalue weighted by molar-refractivity contribution is -0.108. The van der Waals surface area contributed by atoms with E-state index in [2.05, 4.69) is 19.7 Å². The quantitative estimate of drug-likeness (QED) is 0.485. The number of nitrogens with one attached hydrogen (secondary N) is 1. The van der Waals surface area contributed by atoms with Crippen LogP contribution in [-0.2, 0) is 0 Å². The summed E-state index contributed by atoms with van der Waals surface area (Å²) in [4.78, 5) is 14.1. The van der Waals surface area contributed by atoms with Crippen molar-refractivity contribution in [2.45, 2.75) is 19.3 Å². The lowest BCUT2D eigenvalue weighted by Crippen LogP contribution is -2.55. The molecule has 1 aliphatic heterocycles. The van der Waals surface area contributed by atoms with Crippen LogP contribution in [0.2, 0.25) is 0 Å². The van der Waals surface area contributed by atoms with Crippen LogP contribution in [0.25, 0.3) is 5.57 Å². The third kappa shape index (κ3) is 5.09. The molecule has 0 aromatic carbocycles. The summed E-state index contributed by atoms with van der Waals surface area (Å²) in [5, 5.41) is 0. The van der Waals surface area contributed by atoms with Gasteiger partial charge in [0.05, 0.1) is 5.92 Å². The van der Waals surface area contributed by atoms with Crippen molar-refractivity contribution in [3.05, 3.63) is 53.9 Å². The highest BCUT2D eigenvalue weighted by Gasteiger charge is 2.49. The molecule has 3 N–H and O–H groups in total. The third-order valence-corrected chi connectivity index (χ3v) is 5.75. The van der Waals surface area contributed by atoms with Crippen LogP contribution in [0.3, 0.4) is 0 Å². The zero-order chi connectivity index (χ0) is 22.6. The van der Waals surface area contributed by atoms with Crippen LogP contribution in [0, 0.1) is 11.8 Å². The van der Waals surface area contributed by atoms with Gasteiger partial charge in [-0.2, -0.15) is 0 Å². The predicted octanol–water partition coefficient (Wildman–Crippen LogP) is 3.73. The monoisotopic (exact) mass is 456 g/mol. The molecule has 2 aromatic heterocycles. The van der Waals surface area contributed by atoms with Crippen LogP contribution < -0.4 is 15.4 Å². The molecule has 11 heteroatoms. The second kappa shape index (κ2) is 9.82. The Labute approximate surface area is 182 Å². The molecular weight excluding hydrogens is 432 g/mol. The number of pyridine rings is 1. The second-order valence-electron chi connectivity index (χ2n) is 7.32. The number of nitrogens with zero attached hydrogens (tertiary/aromatic N) is 4. The van der Waals surface area contributed by atoms with Crippen molar-refractivity contribution in [2.75, 3.05) is 30.8 Å². The molecule has 6 nitrogen and oxygen atoms in total. The summed E-state index contributed by atoms with van der Waals surface area (Å²) in [6, 6.07) is 4.47. The van der Waals surface area contributed by atoms with Gasteiger partial charge in [0.1, 0.15) is 11.5 Å². The highest BCUT2D eigenvalue weighted by atomic mass is 32.2. The summed E-state index contributed by atoms with van der Waals surface area (Å²) in [6.45, 7) is 1.95. The highest BCUT2D eigenvalue weighted by Crippen LogP contribution is 2.39. The van der Waals surface area contributed by atoms with Gasteiger partial charge >= 0.3 is 0 Å². The Morgan fingerprint density at radius 1 is 1.32 bits per heavy atom. The van der Waals surface area contributed by atoms with Gasteiger partial charge in [-0.1, -0.05) is 18.9 Å². The molecule has 1 fully saturated rings. The van der Waals surface area contributed by atoms with E-state index in [0.717, 1.165) is 6.07 Å². The van der Waals surface area contributed by atoms with E-state index in [-0.39, 0.29) is 25.5 Å². The molecule has 3 heterocycles. The predicted molar refractivity (Wildman–Crippen MR) is 114 cm³/mol. The van der Waals surface area contributed by atoms with Crippen LogP contribution in [0.5, 0.6) is 0 Å². The van der Waals surface area contributed by atoms with E-state index in [1.165, 1.54) is 37.5 Å². The summed E-state index contributed by atoms with van der Waals surface area (Å²) < 4.78 is 58.3. The molecule has 0 spiro atoms. The fourth-order valence-corrected chi connectivity index (χ4v) is 3.94. The first-order valence-corrected chi connectivity index (χ1v) is 10.9. The van der Waals surface area contributed by atoms with E-state index in [9.17, 15) is 17.6 Å². The maximum Gasteiger partial charge on any atom is 0.280 e. The summed E-state index contributed by atoms with van der Waals surface area (Å²) >= 11 is 1.30. The van der Waals surface area contributed by atoms with Crippen LogP contribution >= 0.6 is 11.9 Å². The number of hydrogen-bond donors (Lipinski definition) is 2. The zero-order valence-electron chi connectivity index (χ0n) is 17.1. The molecule has 2 aromatic rings. The average molecular weight is 457 g/mol. The van der Waals surface area contributed by atoms with Gasteiger partial charge in [0, 0.05) is 49.7 Å². The van der Waals surface area contributed by atoms with E-state index in [4.69, 9.17) is 5.73 Å². The fraction of sp³-hybridized carbons (Fsp3) is 0.450. The summed E-state index contributed by atoms with van der Waals surface area (Å²) in [5.41, 5.74) is 6.25. The summed E-state index contributed by atoms with van der Waals surface area (Å²) in [5.74, 6) is -4.00. The van der Waals surface area contributed by atoms with Crippen molar-refractivity contribution >= 4 is 23.3 Å². The minimum atomic E-state index is -2.80. The van der Waals surface area contributed by atoms with Crippen LogP contribution in [-0.4, -0.2) is 46.8 Å². The fourth-order valence-electron chi connectivity index (χ4n) is 3.57. The highest BCUT2D eigenvalue weighted by molar-refractivity contribution is 7.96. The van der Waals surface area contributed by atoms with Crippen molar-refractivity contribution in [2.24, 2.45) is 17.6 Å². The van der Waals surface area contributed by atoms with Crippen molar-refractivity contribution in [1.82, 2.24) is 19.7 Å². The van der Waals surface area contributed by atoms with E-state index in [0.29, 0.717) is 17.0 Å². The molecule has 31 heavy (non-hydrogen) atoms. The van der Waals surface area contributed by atoms with E-state index < -0.39 is 29.9 Å². The number of alkyl halides is 4. The molecule has 2 unspecified atom stereocenters. The first-order chi connectivity index (χ1) is 14.8. The van der Waals surface area contributed by atoms with Gasteiger partial charge in [-0.3, -0.25) is 4.72 Å². The lowest BCUT2D eigenvalue weighted by atomic mass is 9.86.